The van der Waals surface area contributed by atoms with Gasteiger partial charge in [0.15, 0.2) is 11.5 Å². The standard InChI is InChI=1S/C22H23N5O3S/c1-14-9-10-17(31(28,29)23-13-16-6-5-11-30-16)12-20(14)22-25-24-21-19-8-4-3-7-18(19)15(2)26-27(21)22/h3-4,7-10,12,16,23H,5-6,11,13H2,1-2H3/t16-/m0/s1. The highest BCUT2D eigenvalue weighted by Gasteiger charge is 2.22. The Morgan fingerprint density at radius 3 is 2.71 bits per heavy atom. The first-order valence-corrected chi connectivity index (χ1v) is 11.8. The zero-order chi connectivity index (χ0) is 21.6. The molecular formula is C22H23N5O3S. The molecule has 0 unspecified atom stereocenters. The van der Waals surface area contributed by atoms with Gasteiger partial charge in [-0.3, -0.25) is 0 Å². The maximum absolute atomic E-state index is 12.9. The van der Waals surface area contributed by atoms with E-state index in [1.54, 1.807) is 22.7 Å². The second kappa shape index (κ2) is 7.67. The minimum atomic E-state index is -3.68. The molecule has 160 valence electrons. The van der Waals surface area contributed by atoms with Gasteiger partial charge in [0.1, 0.15) is 0 Å². The number of benzene rings is 2. The van der Waals surface area contributed by atoms with Gasteiger partial charge in [-0.25, -0.2) is 13.1 Å². The largest absolute Gasteiger partial charge is 0.377 e. The van der Waals surface area contributed by atoms with Crippen LogP contribution in [0.2, 0.25) is 0 Å². The summed E-state index contributed by atoms with van der Waals surface area (Å²) in [5.74, 6) is 0.512. The lowest BCUT2D eigenvalue weighted by atomic mass is 10.1. The third-order valence-electron chi connectivity index (χ3n) is 5.73. The van der Waals surface area contributed by atoms with Crippen LogP contribution in [0.15, 0.2) is 47.4 Å². The molecule has 0 amide bonds. The second-order valence-corrected chi connectivity index (χ2v) is 9.62. The number of sulfonamides is 1. The van der Waals surface area contributed by atoms with E-state index in [1.165, 1.54) is 0 Å². The Morgan fingerprint density at radius 2 is 1.94 bits per heavy atom. The number of aryl methyl sites for hydroxylation is 2. The molecule has 31 heavy (non-hydrogen) atoms. The van der Waals surface area contributed by atoms with Crippen LogP contribution in [-0.2, 0) is 14.8 Å². The monoisotopic (exact) mass is 437 g/mol. The van der Waals surface area contributed by atoms with Crippen molar-refractivity contribution in [2.45, 2.75) is 37.7 Å². The first kappa shape index (κ1) is 20.0. The lowest BCUT2D eigenvalue weighted by Crippen LogP contribution is -2.31. The van der Waals surface area contributed by atoms with Crippen LogP contribution in [-0.4, -0.2) is 47.5 Å². The Labute approximate surface area is 180 Å². The van der Waals surface area contributed by atoms with Gasteiger partial charge in [-0.2, -0.15) is 9.61 Å². The van der Waals surface area contributed by atoms with Crippen molar-refractivity contribution < 1.29 is 13.2 Å². The van der Waals surface area contributed by atoms with Gasteiger partial charge in [0.25, 0.3) is 0 Å². The predicted molar refractivity (Wildman–Crippen MR) is 117 cm³/mol. The Bertz CT molecular complexity index is 1390. The lowest BCUT2D eigenvalue weighted by molar-refractivity contribution is 0.114. The van der Waals surface area contributed by atoms with Crippen LogP contribution in [0.3, 0.4) is 0 Å². The van der Waals surface area contributed by atoms with E-state index in [2.05, 4.69) is 20.0 Å². The summed E-state index contributed by atoms with van der Waals surface area (Å²) in [5, 5.41) is 15.4. The fourth-order valence-corrected chi connectivity index (χ4v) is 5.10. The van der Waals surface area contributed by atoms with E-state index < -0.39 is 10.0 Å². The fourth-order valence-electron chi connectivity index (χ4n) is 4.01. The van der Waals surface area contributed by atoms with E-state index in [0.717, 1.165) is 34.9 Å². The van der Waals surface area contributed by atoms with Crippen molar-refractivity contribution in [1.29, 1.82) is 0 Å². The molecule has 0 bridgehead atoms. The zero-order valence-electron chi connectivity index (χ0n) is 17.4. The molecular weight excluding hydrogens is 414 g/mol. The van der Waals surface area contributed by atoms with E-state index in [0.29, 0.717) is 23.6 Å². The molecule has 0 aliphatic carbocycles. The summed E-state index contributed by atoms with van der Waals surface area (Å²) in [7, 11) is -3.68. The fraction of sp³-hybridized carbons (Fsp3) is 0.318. The van der Waals surface area contributed by atoms with Crippen molar-refractivity contribution in [3.8, 4) is 11.4 Å². The summed E-state index contributed by atoms with van der Waals surface area (Å²) < 4.78 is 35.7. The Balaban J connectivity index is 1.57. The van der Waals surface area contributed by atoms with E-state index >= 15 is 0 Å². The molecule has 3 heterocycles. The molecule has 9 heteroatoms. The minimum Gasteiger partial charge on any atom is -0.377 e. The van der Waals surface area contributed by atoms with Crippen molar-refractivity contribution >= 4 is 26.4 Å². The first-order chi connectivity index (χ1) is 14.9. The highest BCUT2D eigenvalue weighted by atomic mass is 32.2. The van der Waals surface area contributed by atoms with E-state index in [1.807, 2.05) is 38.1 Å². The summed E-state index contributed by atoms with van der Waals surface area (Å²) in [6.45, 7) is 4.81. The molecule has 1 N–H and O–H groups in total. The number of fused-ring (bicyclic) bond motifs is 3. The molecule has 1 aliphatic rings. The van der Waals surface area contributed by atoms with Crippen LogP contribution in [0, 0.1) is 13.8 Å². The number of hydrogen-bond donors (Lipinski definition) is 1. The molecule has 0 spiro atoms. The summed E-state index contributed by atoms with van der Waals surface area (Å²) >= 11 is 0. The van der Waals surface area contributed by atoms with Gasteiger partial charge in [0, 0.05) is 29.5 Å². The van der Waals surface area contributed by atoms with Crippen LogP contribution in [0.5, 0.6) is 0 Å². The maximum Gasteiger partial charge on any atom is 0.240 e. The topological polar surface area (TPSA) is 98.5 Å². The average molecular weight is 438 g/mol. The molecule has 4 aromatic rings. The van der Waals surface area contributed by atoms with Gasteiger partial charge in [-0.15, -0.1) is 10.2 Å². The Hall–Kier alpha value is -2.88. The van der Waals surface area contributed by atoms with Crippen molar-refractivity contribution in [1.82, 2.24) is 24.5 Å². The quantitative estimate of drug-likeness (QED) is 0.515. The summed E-state index contributed by atoms with van der Waals surface area (Å²) in [5.41, 5.74) is 3.05. The third-order valence-corrected chi connectivity index (χ3v) is 7.15. The van der Waals surface area contributed by atoms with Gasteiger partial charge < -0.3 is 4.74 Å². The van der Waals surface area contributed by atoms with Crippen molar-refractivity contribution in [3.63, 3.8) is 0 Å². The van der Waals surface area contributed by atoms with Crippen LogP contribution in [0.25, 0.3) is 27.8 Å². The highest BCUT2D eigenvalue weighted by molar-refractivity contribution is 7.89. The summed E-state index contributed by atoms with van der Waals surface area (Å²) in [4.78, 5) is 0.181. The molecule has 1 fully saturated rings. The van der Waals surface area contributed by atoms with Gasteiger partial charge in [-0.05, 0) is 44.4 Å². The number of nitrogens with zero attached hydrogens (tertiary/aromatic N) is 4. The second-order valence-electron chi connectivity index (χ2n) is 7.85. The molecule has 2 aromatic heterocycles. The molecule has 0 radical (unpaired) electrons. The van der Waals surface area contributed by atoms with Crippen molar-refractivity contribution in [3.05, 3.63) is 53.7 Å². The summed E-state index contributed by atoms with van der Waals surface area (Å²) in [6, 6.07) is 12.9. The number of ether oxygens (including phenoxy) is 1. The van der Waals surface area contributed by atoms with Gasteiger partial charge in [0.2, 0.25) is 10.0 Å². The van der Waals surface area contributed by atoms with E-state index in [-0.39, 0.29) is 17.5 Å². The molecule has 1 aliphatic heterocycles. The van der Waals surface area contributed by atoms with Crippen LogP contribution < -0.4 is 4.72 Å². The number of hydrogen-bond acceptors (Lipinski definition) is 6. The zero-order valence-corrected chi connectivity index (χ0v) is 18.2. The molecule has 0 saturated carbocycles. The number of aromatic nitrogens is 4. The lowest BCUT2D eigenvalue weighted by Gasteiger charge is -2.13. The predicted octanol–water partition coefficient (Wildman–Crippen LogP) is 3.02. The SMILES string of the molecule is Cc1ccc(S(=O)(=O)NC[C@@H]2CCCO2)cc1-c1nnc2c3ccccc3c(C)nn12. The molecule has 2 aromatic carbocycles. The van der Waals surface area contributed by atoms with Crippen LogP contribution >= 0.6 is 0 Å². The van der Waals surface area contributed by atoms with Crippen LogP contribution in [0.1, 0.15) is 24.1 Å². The van der Waals surface area contributed by atoms with Gasteiger partial charge >= 0.3 is 0 Å². The van der Waals surface area contributed by atoms with Crippen molar-refractivity contribution in [2.24, 2.45) is 0 Å². The average Bonchev–Trinajstić information content (AvgIpc) is 3.43. The minimum absolute atomic E-state index is 0.0689. The molecule has 8 nitrogen and oxygen atoms in total. The molecule has 1 atom stereocenters. The first-order valence-electron chi connectivity index (χ1n) is 10.3. The maximum atomic E-state index is 12.9. The van der Waals surface area contributed by atoms with E-state index in [4.69, 9.17) is 4.74 Å². The third kappa shape index (κ3) is 3.58. The van der Waals surface area contributed by atoms with Crippen molar-refractivity contribution in [2.75, 3.05) is 13.2 Å². The normalized spacial score (nSPS) is 17.0. The number of rotatable bonds is 5. The Morgan fingerprint density at radius 1 is 1.13 bits per heavy atom. The smallest absolute Gasteiger partial charge is 0.240 e. The Kier molecular flexibility index (Phi) is 4.96. The van der Waals surface area contributed by atoms with Gasteiger partial charge in [-0.1, -0.05) is 30.3 Å². The highest BCUT2D eigenvalue weighted by Crippen LogP contribution is 2.28. The molecule has 1 saturated heterocycles. The number of nitrogens with one attached hydrogen (secondary N) is 1. The van der Waals surface area contributed by atoms with E-state index in [9.17, 15) is 8.42 Å². The summed E-state index contributed by atoms with van der Waals surface area (Å²) in [6.07, 6.45) is 1.76. The van der Waals surface area contributed by atoms with Crippen LogP contribution in [0.4, 0.5) is 0 Å². The van der Waals surface area contributed by atoms with Gasteiger partial charge in [0.05, 0.1) is 16.7 Å². The molecule has 5 rings (SSSR count).